The third-order valence-electron chi connectivity index (χ3n) is 2.31. The minimum Gasteiger partial charge on any atom is -0.328 e. The van der Waals surface area contributed by atoms with Crippen molar-refractivity contribution >= 4 is 11.7 Å². The van der Waals surface area contributed by atoms with Crippen molar-refractivity contribution < 1.29 is 13.6 Å². The molecule has 0 aliphatic rings. The summed E-state index contributed by atoms with van der Waals surface area (Å²) in [4.78, 5) is 15.5. The van der Waals surface area contributed by atoms with Crippen LogP contribution in [0.2, 0.25) is 0 Å². The number of nitrogens with one attached hydrogen (secondary N) is 3. The highest BCUT2D eigenvalue weighted by atomic mass is 19.1. The molecule has 6 nitrogen and oxygen atoms in total. The SMILES string of the molecule is C[C@H](NC(=O)Nc1cc(F)cc(F)c1)c1ncn[nH]1. The van der Waals surface area contributed by atoms with Crippen LogP contribution in [-0.2, 0) is 0 Å². The summed E-state index contributed by atoms with van der Waals surface area (Å²) >= 11 is 0. The number of anilines is 1. The number of hydrogen-bond acceptors (Lipinski definition) is 3. The number of aromatic amines is 1. The Labute approximate surface area is 107 Å². The van der Waals surface area contributed by atoms with E-state index in [2.05, 4.69) is 25.8 Å². The molecule has 1 aromatic heterocycles. The molecule has 0 spiro atoms. The van der Waals surface area contributed by atoms with E-state index in [1.54, 1.807) is 6.92 Å². The lowest BCUT2D eigenvalue weighted by atomic mass is 10.3. The first-order chi connectivity index (χ1) is 9.04. The molecule has 2 amide bonds. The molecule has 0 fully saturated rings. The summed E-state index contributed by atoms with van der Waals surface area (Å²) < 4.78 is 25.9. The zero-order valence-electron chi connectivity index (χ0n) is 9.95. The first kappa shape index (κ1) is 12.9. The van der Waals surface area contributed by atoms with Crippen LogP contribution in [0.1, 0.15) is 18.8 Å². The van der Waals surface area contributed by atoms with Gasteiger partial charge in [-0.25, -0.2) is 18.6 Å². The Bertz CT molecular complexity index is 552. The Hall–Kier alpha value is -2.51. The predicted molar refractivity (Wildman–Crippen MR) is 63.3 cm³/mol. The Morgan fingerprint density at radius 2 is 2.00 bits per heavy atom. The maximum Gasteiger partial charge on any atom is 0.319 e. The third-order valence-corrected chi connectivity index (χ3v) is 2.31. The van der Waals surface area contributed by atoms with Gasteiger partial charge in [-0.2, -0.15) is 5.10 Å². The summed E-state index contributed by atoms with van der Waals surface area (Å²) in [6, 6.07) is 1.74. The van der Waals surface area contributed by atoms with E-state index in [4.69, 9.17) is 0 Å². The van der Waals surface area contributed by atoms with Crippen molar-refractivity contribution in [1.82, 2.24) is 20.5 Å². The summed E-state index contributed by atoms with van der Waals surface area (Å²) in [5.41, 5.74) is 0.0276. The van der Waals surface area contributed by atoms with Crippen LogP contribution >= 0.6 is 0 Å². The van der Waals surface area contributed by atoms with E-state index in [1.807, 2.05) is 0 Å². The molecule has 1 aromatic carbocycles. The van der Waals surface area contributed by atoms with Gasteiger partial charge in [-0.05, 0) is 19.1 Å². The Morgan fingerprint density at radius 1 is 1.32 bits per heavy atom. The molecule has 1 atom stereocenters. The number of hydrogen-bond donors (Lipinski definition) is 3. The molecule has 0 radical (unpaired) electrons. The van der Waals surface area contributed by atoms with Crippen LogP contribution in [0.3, 0.4) is 0 Å². The van der Waals surface area contributed by atoms with Gasteiger partial charge in [0.25, 0.3) is 0 Å². The summed E-state index contributed by atoms with van der Waals surface area (Å²) in [6.07, 6.45) is 1.31. The fourth-order valence-electron chi connectivity index (χ4n) is 1.48. The second-order valence-electron chi connectivity index (χ2n) is 3.85. The summed E-state index contributed by atoms with van der Waals surface area (Å²) in [5, 5.41) is 11.1. The number of rotatable bonds is 3. The second kappa shape index (κ2) is 5.42. The number of benzene rings is 1. The van der Waals surface area contributed by atoms with Gasteiger partial charge in [0.1, 0.15) is 23.8 Å². The third kappa shape index (κ3) is 3.47. The van der Waals surface area contributed by atoms with Crippen LogP contribution in [0.5, 0.6) is 0 Å². The predicted octanol–water partition coefficient (Wildman–Crippen LogP) is 1.97. The average molecular weight is 267 g/mol. The molecule has 2 rings (SSSR count). The van der Waals surface area contributed by atoms with Gasteiger partial charge in [0.15, 0.2) is 0 Å². The van der Waals surface area contributed by atoms with Gasteiger partial charge in [0, 0.05) is 11.8 Å². The van der Waals surface area contributed by atoms with Crippen LogP contribution in [0.25, 0.3) is 0 Å². The number of nitrogens with zero attached hydrogens (tertiary/aromatic N) is 2. The zero-order valence-corrected chi connectivity index (χ0v) is 9.95. The zero-order chi connectivity index (χ0) is 13.8. The highest BCUT2D eigenvalue weighted by Gasteiger charge is 2.12. The lowest BCUT2D eigenvalue weighted by Crippen LogP contribution is -2.31. The number of halogens is 2. The van der Waals surface area contributed by atoms with Crippen molar-refractivity contribution in [2.75, 3.05) is 5.32 Å². The van der Waals surface area contributed by atoms with E-state index in [-0.39, 0.29) is 5.69 Å². The van der Waals surface area contributed by atoms with Crippen LogP contribution < -0.4 is 10.6 Å². The molecular formula is C11H11F2N5O. The van der Waals surface area contributed by atoms with Crippen molar-refractivity contribution in [3.63, 3.8) is 0 Å². The van der Waals surface area contributed by atoms with Crippen molar-refractivity contribution in [1.29, 1.82) is 0 Å². The molecule has 3 N–H and O–H groups in total. The fourth-order valence-corrected chi connectivity index (χ4v) is 1.48. The molecule has 0 unspecified atom stereocenters. The molecule has 0 saturated carbocycles. The summed E-state index contributed by atoms with van der Waals surface area (Å²) in [5.74, 6) is -1.06. The van der Waals surface area contributed by atoms with Gasteiger partial charge in [0.05, 0.1) is 6.04 Å². The molecule has 100 valence electrons. The van der Waals surface area contributed by atoms with Crippen molar-refractivity contribution in [2.24, 2.45) is 0 Å². The van der Waals surface area contributed by atoms with Crippen LogP contribution in [-0.4, -0.2) is 21.2 Å². The van der Waals surface area contributed by atoms with Gasteiger partial charge >= 0.3 is 6.03 Å². The molecule has 0 aliphatic heterocycles. The molecule has 8 heteroatoms. The highest BCUT2D eigenvalue weighted by Crippen LogP contribution is 2.13. The van der Waals surface area contributed by atoms with Crippen molar-refractivity contribution in [2.45, 2.75) is 13.0 Å². The molecule has 19 heavy (non-hydrogen) atoms. The number of carbonyl (C=O) groups is 1. The maximum atomic E-state index is 12.9. The first-order valence-corrected chi connectivity index (χ1v) is 5.43. The van der Waals surface area contributed by atoms with Gasteiger partial charge < -0.3 is 10.6 Å². The number of H-pyrrole nitrogens is 1. The lowest BCUT2D eigenvalue weighted by molar-refractivity contribution is 0.249. The molecule has 0 bridgehead atoms. The molecular weight excluding hydrogens is 256 g/mol. The number of urea groups is 1. The Balaban J connectivity index is 1.97. The topological polar surface area (TPSA) is 82.7 Å². The van der Waals surface area contributed by atoms with Gasteiger partial charge in [-0.1, -0.05) is 0 Å². The van der Waals surface area contributed by atoms with E-state index in [9.17, 15) is 13.6 Å². The largest absolute Gasteiger partial charge is 0.328 e. The minimum atomic E-state index is -0.765. The van der Waals surface area contributed by atoms with Gasteiger partial charge in [0.2, 0.25) is 0 Å². The first-order valence-electron chi connectivity index (χ1n) is 5.43. The normalized spacial score (nSPS) is 11.9. The Kier molecular flexibility index (Phi) is 3.69. The maximum absolute atomic E-state index is 12.9. The smallest absolute Gasteiger partial charge is 0.319 e. The number of aromatic nitrogens is 3. The molecule has 0 saturated heterocycles. The molecule has 0 aliphatic carbocycles. The van der Waals surface area contributed by atoms with E-state index >= 15 is 0 Å². The summed E-state index contributed by atoms with van der Waals surface area (Å²) in [7, 11) is 0. The fraction of sp³-hybridized carbons (Fsp3) is 0.182. The second-order valence-corrected chi connectivity index (χ2v) is 3.85. The molecule has 1 heterocycles. The average Bonchev–Trinajstić information content (AvgIpc) is 2.80. The van der Waals surface area contributed by atoms with Crippen LogP contribution in [0, 0.1) is 11.6 Å². The molecule has 2 aromatic rings. The summed E-state index contributed by atoms with van der Waals surface area (Å²) in [6.45, 7) is 1.69. The minimum absolute atomic E-state index is 0.0276. The van der Waals surface area contributed by atoms with Crippen LogP contribution in [0.4, 0.5) is 19.3 Å². The van der Waals surface area contributed by atoms with Gasteiger partial charge in [-0.3, -0.25) is 5.10 Å². The quantitative estimate of drug-likeness (QED) is 0.795. The standard InChI is InChI=1S/C11H11F2N5O/c1-6(10-14-5-15-18-10)16-11(19)17-9-3-7(12)2-8(13)4-9/h2-6H,1H3,(H,14,15,18)(H2,16,17,19)/t6-/m0/s1. The van der Waals surface area contributed by atoms with E-state index < -0.39 is 23.7 Å². The number of amides is 2. The van der Waals surface area contributed by atoms with Crippen LogP contribution in [0.15, 0.2) is 24.5 Å². The van der Waals surface area contributed by atoms with Crippen molar-refractivity contribution in [3.05, 3.63) is 42.0 Å². The van der Waals surface area contributed by atoms with E-state index in [1.165, 1.54) is 6.33 Å². The Morgan fingerprint density at radius 3 is 2.58 bits per heavy atom. The van der Waals surface area contributed by atoms with E-state index in [0.29, 0.717) is 5.82 Å². The van der Waals surface area contributed by atoms with Gasteiger partial charge in [-0.15, -0.1) is 0 Å². The highest BCUT2D eigenvalue weighted by molar-refractivity contribution is 5.89. The van der Waals surface area contributed by atoms with Crippen molar-refractivity contribution in [3.8, 4) is 0 Å². The monoisotopic (exact) mass is 267 g/mol. The van der Waals surface area contributed by atoms with E-state index in [0.717, 1.165) is 18.2 Å². The lowest BCUT2D eigenvalue weighted by Gasteiger charge is -2.12. The number of carbonyl (C=O) groups excluding carboxylic acids is 1.